The smallest absolute Gasteiger partial charge is 0.159 e. The number of fused-ring (bicyclic) bond motifs is 1. The lowest BCUT2D eigenvalue weighted by molar-refractivity contribution is 0.475. The van der Waals surface area contributed by atoms with Crippen LogP contribution in [0.4, 0.5) is 0 Å². The average Bonchev–Trinajstić information content (AvgIpc) is 2.62. The number of rotatable bonds is 2. The van der Waals surface area contributed by atoms with Crippen molar-refractivity contribution < 1.29 is 10.2 Å². The van der Waals surface area contributed by atoms with E-state index in [-0.39, 0.29) is 11.5 Å². The zero-order valence-electron chi connectivity index (χ0n) is 12.6. The molecule has 0 unspecified atom stereocenters. The van der Waals surface area contributed by atoms with Crippen LogP contribution in [0.3, 0.4) is 0 Å². The minimum Gasteiger partial charge on any atom is -0.508 e. The number of hydrogen-bond acceptors (Lipinski definition) is 5. The number of phenols is 2. The summed E-state index contributed by atoms with van der Waals surface area (Å²) in [6.45, 7) is 0. The van der Waals surface area contributed by atoms with Crippen molar-refractivity contribution in [3.05, 3.63) is 67.0 Å². The first-order chi connectivity index (χ1) is 11.7. The van der Waals surface area contributed by atoms with E-state index in [1.807, 2.05) is 18.2 Å². The topological polar surface area (TPSA) is 79.1 Å². The molecule has 0 bridgehead atoms. The second-order valence-corrected chi connectivity index (χ2v) is 5.42. The Morgan fingerprint density at radius 1 is 0.583 bits per heavy atom. The summed E-state index contributed by atoms with van der Waals surface area (Å²) in [5.74, 6) is 1.01. The van der Waals surface area contributed by atoms with Gasteiger partial charge in [-0.3, -0.25) is 4.98 Å². The quantitative estimate of drug-likeness (QED) is 0.588. The van der Waals surface area contributed by atoms with Gasteiger partial charge in [0.15, 0.2) is 5.82 Å². The molecule has 0 radical (unpaired) electrons. The molecule has 4 rings (SSSR count). The third kappa shape index (κ3) is 2.63. The largest absolute Gasteiger partial charge is 0.508 e. The van der Waals surface area contributed by atoms with Crippen LogP contribution >= 0.6 is 0 Å². The molecule has 0 amide bonds. The summed E-state index contributed by atoms with van der Waals surface area (Å²) in [7, 11) is 0. The molecule has 0 aliphatic heterocycles. The van der Waals surface area contributed by atoms with Crippen molar-refractivity contribution in [1.29, 1.82) is 0 Å². The molecule has 0 fully saturated rings. The van der Waals surface area contributed by atoms with Crippen molar-refractivity contribution in [3.8, 4) is 34.0 Å². The highest BCUT2D eigenvalue weighted by Gasteiger charge is 2.06. The molecular weight excluding hydrogens is 302 g/mol. The number of aromatic nitrogens is 3. The maximum absolute atomic E-state index is 9.40. The fourth-order valence-electron chi connectivity index (χ4n) is 2.48. The SMILES string of the molecule is Oc1ccc(-c2cnc3cnc(-c4ccc(O)cc4)nc3c2)cc1. The summed E-state index contributed by atoms with van der Waals surface area (Å²) < 4.78 is 0. The summed E-state index contributed by atoms with van der Waals surface area (Å²) in [6.07, 6.45) is 3.45. The van der Waals surface area contributed by atoms with Gasteiger partial charge in [-0.15, -0.1) is 0 Å². The number of nitrogens with zero attached hydrogens (tertiary/aromatic N) is 3. The Labute approximate surface area is 137 Å². The van der Waals surface area contributed by atoms with Gasteiger partial charge in [0.2, 0.25) is 0 Å². The summed E-state index contributed by atoms with van der Waals surface area (Å²) in [4.78, 5) is 13.3. The Morgan fingerprint density at radius 3 is 1.88 bits per heavy atom. The van der Waals surface area contributed by atoms with Gasteiger partial charge in [-0.25, -0.2) is 9.97 Å². The van der Waals surface area contributed by atoms with Crippen molar-refractivity contribution in [3.63, 3.8) is 0 Å². The molecule has 0 aliphatic carbocycles. The zero-order chi connectivity index (χ0) is 16.5. The van der Waals surface area contributed by atoms with Crippen LogP contribution in [0.2, 0.25) is 0 Å². The fourth-order valence-corrected chi connectivity index (χ4v) is 2.48. The van der Waals surface area contributed by atoms with Crippen molar-refractivity contribution in [2.45, 2.75) is 0 Å². The van der Waals surface area contributed by atoms with E-state index in [2.05, 4.69) is 15.0 Å². The number of hydrogen-bond donors (Lipinski definition) is 2. The van der Waals surface area contributed by atoms with E-state index in [9.17, 15) is 10.2 Å². The van der Waals surface area contributed by atoms with E-state index in [0.717, 1.165) is 22.2 Å². The number of aromatic hydroxyl groups is 2. The first kappa shape index (κ1) is 14.1. The van der Waals surface area contributed by atoms with E-state index >= 15 is 0 Å². The highest BCUT2D eigenvalue weighted by atomic mass is 16.3. The predicted molar refractivity (Wildman–Crippen MR) is 91.5 cm³/mol. The first-order valence-electron chi connectivity index (χ1n) is 7.41. The molecule has 0 saturated heterocycles. The third-order valence-corrected chi connectivity index (χ3v) is 3.76. The predicted octanol–water partition coefficient (Wildman–Crippen LogP) is 3.77. The Hall–Kier alpha value is -3.47. The van der Waals surface area contributed by atoms with Gasteiger partial charge < -0.3 is 10.2 Å². The van der Waals surface area contributed by atoms with Crippen LogP contribution in [0, 0.1) is 0 Å². The molecule has 0 atom stereocenters. The first-order valence-corrected chi connectivity index (χ1v) is 7.41. The lowest BCUT2D eigenvalue weighted by Gasteiger charge is -2.05. The standard InChI is InChI=1S/C19H13N3O2/c23-15-5-1-12(2-6-15)14-9-17-18(20-10-14)11-21-19(22-17)13-3-7-16(24)8-4-13/h1-11,23-24H. The maximum atomic E-state index is 9.40. The summed E-state index contributed by atoms with van der Waals surface area (Å²) >= 11 is 0. The van der Waals surface area contributed by atoms with E-state index in [1.165, 1.54) is 0 Å². The molecule has 0 saturated carbocycles. The number of pyridine rings is 1. The van der Waals surface area contributed by atoms with Gasteiger partial charge in [0, 0.05) is 17.3 Å². The van der Waals surface area contributed by atoms with Crippen LogP contribution in [0.1, 0.15) is 0 Å². The van der Waals surface area contributed by atoms with E-state index in [0.29, 0.717) is 11.3 Å². The third-order valence-electron chi connectivity index (χ3n) is 3.76. The zero-order valence-corrected chi connectivity index (χ0v) is 12.6. The van der Waals surface area contributed by atoms with E-state index in [4.69, 9.17) is 0 Å². The van der Waals surface area contributed by atoms with Gasteiger partial charge in [0.1, 0.15) is 17.0 Å². The molecule has 2 heterocycles. The number of phenolic OH excluding ortho intramolecular Hbond substituents is 2. The molecule has 24 heavy (non-hydrogen) atoms. The normalized spacial score (nSPS) is 10.8. The maximum Gasteiger partial charge on any atom is 0.159 e. The van der Waals surface area contributed by atoms with Crippen LogP contribution in [0.15, 0.2) is 67.0 Å². The molecule has 2 N–H and O–H groups in total. The summed E-state index contributed by atoms with van der Waals surface area (Å²) in [6, 6.07) is 15.6. The van der Waals surface area contributed by atoms with Crippen molar-refractivity contribution >= 4 is 11.0 Å². The molecule has 116 valence electrons. The van der Waals surface area contributed by atoms with Gasteiger partial charge >= 0.3 is 0 Å². The Kier molecular flexibility index (Phi) is 3.31. The highest BCUT2D eigenvalue weighted by Crippen LogP contribution is 2.25. The lowest BCUT2D eigenvalue weighted by Crippen LogP contribution is -1.92. The van der Waals surface area contributed by atoms with E-state index in [1.54, 1.807) is 48.8 Å². The minimum atomic E-state index is 0.204. The van der Waals surface area contributed by atoms with Crippen LogP contribution in [-0.4, -0.2) is 25.2 Å². The van der Waals surface area contributed by atoms with Gasteiger partial charge in [-0.1, -0.05) is 12.1 Å². The van der Waals surface area contributed by atoms with Crippen LogP contribution < -0.4 is 0 Å². The van der Waals surface area contributed by atoms with Gasteiger partial charge in [0.25, 0.3) is 0 Å². The van der Waals surface area contributed by atoms with Gasteiger partial charge in [-0.05, 0) is 48.0 Å². The molecule has 0 spiro atoms. The highest BCUT2D eigenvalue weighted by molar-refractivity contribution is 5.81. The molecule has 5 nitrogen and oxygen atoms in total. The molecule has 2 aromatic heterocycles. The Balaban J connectivity index is 1.80. The summed E-state index contributed by atoms with van der Waals surface area (Å²) in [5, 5.41) is 18.8. The van der Waals surface area contributed by atoms with E-state index < -0.39 is 0 Å². The van der Waals surface area contributed by atoms with Crippen LogP contribution in [0.25, 0.3) is 33.5 Å². The van der Waals surface area contributed by atoms with Crippen molar-refractivity contribution in [1.82, 2.24) is 15.0 Å². The molecular formula is C19H13N3O2. The summed E-state index contributed by atoms with van der Waals surface area (Å²) in [5.41, 5.74) is 4.13. The Morgan fingerprint density at radius 2 is 1.21 bits per heavy atom. The van der Waals surface area contributed by atoms with Crippen molar-refractivity contribution in [2.75, 3.05) is 0 Å². The molecule has 5 heteroatoms. The number of benzene rings is 2. The average molecular weight is 315 g/mol. The van der Waals surface area contributed by atoms with Gasteiger partial charge in [0.05, 0.1) is 11.7 Å². The van der Waals surface area contributed by atoms with Crippen LogP contribution in [0.5, 0.6) is 11.5 Å². The Bertz CT molecular complexity index is 933. The minimum absolute atomic E-state index is 0.204. The van der Waals surface area contributed by atoms with Crippen LogP contribution in [-0.2, 0) is 0 Å². The lowest BCUT2D eigenvalue weighted by atomic mass is 10.1. The molecule has 4 aromatic rings. The second-order valence-electron chi connectivity index (χ2n) is 5.42. The van der Waals surface area contributed by atoms with Crippen molar-refractivity contribution in [2.24, 2.45) is 0 Å². The monoisotopic (exact) mass is 315 g/mol. The molecule has 2 aromatic carbocycles. The fraction of sp³-hybridized carbons (Fsp3) is 0. The van der Waals surface area contributed by atoms with Gasteiger partial charge in [-0.2, -0.15) is 0 Å². The second kappa shape index (κ2) is 5.62. The molecule has 0 aliphatic rings.